The second-order valence-corrected chi connectivity index (χ2v) is 7.18. The third-order valence-electron chi connectivity index (χ3n) is 3.91. The quantitative estimate of drug-likeness (QED) is 0.735. The molecule has 0 aliphatic carbocycles. The van der Waals surface area contributed by atoms with Crippen LogP contribution in [0.5, 0.6) is 0 Å². The van der Waals surface area contributed by atoms with Gasteiger partial charge in [0.05, 0.1) is 12.2 Å². The molecule has 3 N–H and O–H groups in total. The van der Waals surface area contributed by atoms with Crippen LogP contribution in [0.1, 0.15) is 32.0 Å². The summed E-state index contributed by atoms with van der Waals surface area (Å²) in [5.74, 6) is 0.254. The second-order valence-electron chi connectivity index (χ2n) is 7.18. The Labute approximate surface area is 161 Å². The summed E-state index contributed by atoms with van der Waals surface area (Å²) in [7, 11) is 0. The van der Waals surface area contributed by atoms with Gasteiger partial charge in [-0.05, 0) is 12.0 Å². The van der Waals surface area contributed by atoms with E-state index in [-0.39, 0.29) is 30.3 Å². The number of benzene rings is 1. The van der Waals surface area contributed by atoms with E-state index >= 15 is 0 Å². The molecule has 0 bridgehead atoms. The van der Waals surface area contributed by atoms with Crippen LogP contribution < -0.4 is 11.1 Å². The minimum atomic E-state index is -0.127. The van der Waals surface area contributed by atoms with Crippen LogP contribution in [0.4, 0.5) is 5.88 Å². The molecule has 26 heavy (non-hydrogen) atoms. The van der Waals surface area contributed by atoms with Gasteiger partial charge >= 0.3 is 0 Å². The van der Waals surface area contributed by atoms with Crippen molar-refractivity contribution in [2.24, 2.45) is 5.73 Å². The lowest BCUT2D eigenvalue weighted by atomic mass is 9.92. The van der Waals surface area contributed by atoms with Gasteiger partial charge < -0.3 is 10.3 Å². The fraction of sp³-hybridized carbons (Fsp3) is 0.474. The van der Waals surface area contributed by atoms with E-state index in [1.165, 1.54) is 5.56 Å². The summed E-state index contributed by atoms with van der Waals surface area (Å²) in [4.78, 5) is 14.3. The smallest absolute Gasteiger partial charge is 0.240 e. The van der Waals surface area contributed by atoms with Crippen LogP contribution in [0.15, 0.2) is 40.9 Å². The van der Waals surface area contributed by atoms with Crippen LogP contribution in [0.2, 0.25) is 0 Å². The van der Waals surface area contributed by atoms with Crippen LogP contribution in [-0.2, 0) is 16.6 Å². The van der Waals surface area contributed by atoms with E-state index in [4.69, 9.17) is 10.3 Å². The van der Waals surface area contributed by atoms with Crippen molar-refractivity contribution < 1.29 is 9.32 Å². The van der Waals surface area contributed by atoms with Gasteiger partial charge in [0.25, 0.3) is 0 Å². The van der Waals surface area contributed by atoms with Gasteiger partial charge in [0.2, 0.25) is 11.8 Å². The van der Waals surface area contributed by atoms with E-state index in [1.807, 2.05) is 43.9 Å². The number of nitrogens with zero attached hydrogens (tertiary/aromatic N) is 2. The molecule has 0 aliphatic rings. The number of carbonyl (C=O) groups excluding carboxylic acids is 1. The SMILES string of the molecule is CC(C)(C)c1cc(NC(=O)CN(CCN)CCc2ccccc2)on1.Cl. The predicted octanol–water partition coefficient (Wildman–Crippen LogP) is 2.84. The molecule has 2 rings (SSSR count). The summed E-state index contributed by atoms with van der Waals surface area (Å²) < 4.78 is 5.21. The number of hydrogen-bond donors (Lipinski definition) is 2. The minimum Gasteiger partial charge on any atom is -0.338 e. The molecule has 0 radical (unpaired) electrons. The Kier molecular flexibility index (Phi) is 8.78. The number of carbonyl (C=O) groups is 1. The molecular weight excluding hydrogens is 352 g/mol. The maximum Gasteiger partial charge on any atom is 0.240 e. The van der Waals surface area contributed by atoms with Gasteiger partial charge in [-0.15, -0.1) is 12.4 Å². The Morgan fingerprint density at radius 2 is 1.92 bits per heavy atom. The molecule has 2 aromatic rings. The highest BCUT2D eigenvalue weighted by molar-refractivity contribution is 5.91. The molecule has 1 amide bonds. The Morgan fingerprint density at radius 1 is 1.23 bits per heavy atom. The van der Waals surface area contributed by atoms with Gasteiger partial charge in [0.15, 0.2) is 0 Å². The first-order valence-electron chi connectivity index (χ1n) is 8.62. The van der Waals surface area contributed by atoms with Gasteiger partial charge in [-0.25, -0.2) is 0 Å². The molecule has 0 atom stereocenters. The number of nitrogens with two attached hydrogens (primary N) is 1. The third kappa shape index (κ3) is 7.15. The first-order valence-corrected chi connectivity index (χ1v) is 8.62. The van der Waals surface area contributed by atoms with E-state index in [1.54, 1.807) is 6.07 Å². The molecule has 0 saturated carbocycles. The highest BCUT2D eigenvalue weighted by Gasteiger charge is 2.20. The van der Waals surface area contributed by atoms with Crippen molar-refractivity contribution in [2.75, 3.05) is 31.5 Å². The third-order valence-corrected chi connectivity index (χ3v) is 3.91. The van der Waals surface area contributed by atoms with Crippen molar-refractivity contribution in [1.82, 2.24) is 10.1 Å². The Morgan fingerprint density at radius 3 is 2.50 bits per heavy atom. The number of rotatable bonds is 8. The lowest BCUT2D eigenvalue weighted by Gasteiger charge is -2.20. The number of amides is 1. The van der Waals surface area contributed by atoms with Gasteiger partial charge in [-0.1, -0.05) is 56.3 Å². The number of anilines is 1. The first-order chi connectivity index (χ1) is 11.9. The number of halogens is 1. The van der Waals surface area contributed by atoms with Gasteiger partial charge in [-0.3, -0.25) is 15.0 Å². The number of aromatic nitrogens is 1. The molecule has 0 aliphatic heterocycles. The maximum absolute atomic E-state index is 12.3. The lowest BCUT2D eigenvalue weighted by Crippen LogP contribution is -2.37. The van der Waals surface area contributed by atoms with Crippen LogP contribution >= 0.6 is 12.4 Å². The normalized spacial score (nSPS) is 11.3. The number of hydrogen-bond acceptors (Lipinski definition) is 5. The van der Waals surface area contributed by atoms with Crippen molar-refractivity contribution in [3.8, 4) is 0 Å². The molecule has 0 spiro atoms. The van der Waals surface area contributed by atoms with E-state index in [0.29, 0.717) is 19.0 Å². The van der Waals surface area contributed by atoms with E-state index in [9.17, 15) is 4.79 Å². The first kappa shape index (κ1) is 22.2. The average Bonchev–Trinajstić information content (AvgIpc) is 3.02. The highest BCUT2D eigenvalue weighted by atomic mass is 35.5. The molecule has 1 aromatic heterocycles. The van der Waals surface area contributed by atoms with E-state index < -0.39 is 0 Å². The molecule has 0 unspecified atom stereocenters. The largest absolute Gasteiger partial charge is 0.338 e. The maximum atomic E-state index is 12.3. The average molecular weight is 381 g/mol. The summed E-state index contributed by atoms with van der Waals surface area (Å²) in [6.45, 7) is 8.37. The zero-order valence-electron chi connectivity index (χ0n) is 15.7. The van der Waals surface area contributed by atoms with Gasteiger partial charge in [0, 0.05) is 31.1 Å². The molecular formula is C19H29ClN4O2. The van der Waals surface area contributed by atoms with Crippen molar-refractivity contribution in [3.63, 3.8) is 0 Å². The topological polar surface area (TPSA) is 84.4 Å². The van der Waals surface area contributed by atoms with Crippen LogP contribution in [0.25, 0.3) is 0 Å². The molecule has 6 nitrogen and oxygen atoms in total. The summed E-state index contributed by atoms with van der Waals surface area (Å²) in [5, 5.41) is 6.78. The van der Waals surface area contributed by atoms with Crippen molar-refractivity contribution in [3.05, 3.63) is 47.7 Å². The summed E-state index contributed by atoms with van der Waals surface area (Å²) >= 11 is 0. The summed E-state index contributed by atoms with van der Waals surface area (Å²) in [6.07, 6.45) is 0.880. The van der Waals surface area contributed by atoms with Crippen LogP contribution in [0.3, 0.4) is 0 Å². The van der Waals surface area contributed by atoms with Gasteiger partial charge in [-0.2, -0.15) is 0 Å². The fourth-order valence-corrected chi connectivity index (χ4v) is 2.45. The van der Waals surface area contributed by atoms with Crippen molar-refractivity contribution in [2.45, 2.75) is 32.6 Å². The van der Waals surface area contributed by atoms with Crippen molar-refractivity contribution in [1.29, 1.82) is 0 Å². The standard InChI is InChI=1S/C19H28N4O2.ClH/c1-19(2,3)16-13-18(25-22-16)21-17(24)14-23(12-10-20)11-9-15-7-5-4-6-8-15;/h4-8,13H,9-12,14,20H2,1-3H3,(H,21,24);1H. The summed E-state index contributed by atoms with van der Waals surface area (Å²) in [5.41, 5.74) is 7.61. The Hall–Kier alpha value is -1.89. The van der Waals surface area contributed by atoms with Crippen molar-refractivity contribution >= 4 is 24.2 Å². The molecule has 0 saturated heterocycles. The van der Waals surface area contributed by atoms with Gasteiger partial charge in [0.1, 0.15) is 0 Å². The zero-order valence-corrected chi connectivity index (χ0v) is 16.5. The van der Waals surface area contributed by atoms with E-state index in [2.05, 4.69) is 22.6 Å². The molecule has 7 heteroatoms. The molecule has 1 aromatic carbocycles. The molecule has 144 valence electrons. The van der Waals surface area contributed by atoms with E-state index in [0.717, 1.165) is 18.7 Å². The minimum absolute atomic E-state index is 0. The molecule has 1 heterocycles. The Balaban J connectivity index is 0.00000338. The summed E-state index contributed by atoms with van der Waals surface area (Å²) in [6, 6.07) is 12.0. The second kappa shape index (κ2) is 10.3. The highest BCUT2D eigenvalue weighted by Crippen LogP contribution is 2.23. The fourth-order valence-electron chi connectivity index (χ4n) is 2.45. The Bertz CT molecular complexity index is 668. The number of nitrogens with one attached hydrogen (secondary N) is 1. The van der Waals surface area contributed by atoms with Crippen LogP contribution in [0, 0.1) is 0 Å². The lowest BCUT2D eigenvalue weighted by molar-refractivity contribution is -0.117. The zero-order chi connectivity index (χ0) is 18.3. The molecule has 0 fully saturated rings. The predicted molar refractivity (Wildman–Crippen MR) is 107 cm³/mol. The van der Waals surface area contributed by atoms with Crippen LogP contribution in [-0.4, -0.2) is 42.1 Å². The monoisotopic (exact) mass is 380 g/mol.